The van der Waals surface area contributed by atoms with Gasteiger partial charge in [-0.1, -0.05) is 27.5 Å². The largest absolute Gasteiger partial charge is 0.380 e. The third-order valence-electron chi connectivity index (χ3n) is 2.59. The van der Waals surface area contributed by atoms with Crippen LogP contribution in [0.4, 0.5) is 10.1 Å². The van der Waals surface area contributed by atoms with Crippen LogP contribution in [0.3, 0.4) is 0 Å². The molecule has 1 N–H and O–H groups in total. The molecule has 0 saturated carbocycles. The van der Waals surface area contributed by atoms with E-state index in [0.29, 0.717) is 22.7 Å². The Kier molecular flexibility index (Phi) is 4.41. The molecule has 0 aromatic heterocycles. The Morgan fingerprint density at radius 2 is 2.05 bits per heavy atom. The molecule has 0 amide bonds. The summed E-state index contributed by atoms with van der Waals surface area (Å²) in [5.41, 5.74) is 1.78. The summed E-state index contributed by atoms with van der Waals surface area (Å²) in [5, 5.41) is 12.6. The topological polar surface area (TPSA) is 35.8 Å². The van der Waals surface area contributed by atoms with Crippen LogP contribution in [0.2, 0.25) is 5.02 Å². The van der Waals surface area contributed by atoms with E-state index in [1.807, 2.05) is 18.2 Å². The van der Waals surface area contributed by atoms with Crippen LogP contribution in [0.1, 0.15) is 11.1 Å². The molecule has 2 aromatic carbocycles. The molecule has 0 unspecified atom stereocenters. The van der Waals surface area contributed by atoms with Crippen molar-refractivity contribution < 1.29 is 4.39 Å². The van der Waals surface area contributed by atoms with Gasteiger partial charge in [0.2, 0.25) is 0 Å². The Morgan fingerprint density at radius 1 is 1.26 bits per heavy atom. The highest BCUT2D eigenvalue weighted by atomic mass is 79.9. The summed E-state index contributed by atoms with van der Waals surface area (Å²) in [4.78, 5) is 0. The maximum atomic E-state index is 13.2. The van der Waals surface area contributed by atoms with Crippen LogP contribution in [0.5, 0.6) is 0 Å². The number of hydrogen-bond acceptors (Lipinski definition) is 2. The van der Waals surface area contributed by atoms with E-state index >= 15 is 0 Å². The number of anilines is 1. The second kappa shape index (κ2) is 6.05. The summed E-state index contributed by atoms with van der Waals surface area (Å²) in [6, 6.07) is 11.6. The summed E-state index contributed by atoms with van der Waals surface area (Å²) < 4.78 is 14.1. The van der Waals surface area contributed by atoms with E-state index in [2.05, 4.69) is 21.2 Å². The van der Waals surface area contributed by atoms with Crippen LogP contribution >= 0.6 is 27.5 Å². The number of nitriles is 1. The fourth-order valence-electron chi connectivity index (χ4n) is 1.64. The summed E-state index contributed by atoms with van der Waals surface area (Å²) in [7, 11) is 0. The van der Waals surface area contributed by atoms with E-state index in [-0.39, 0.29) is 5.82 Å². The summed E-state index contributed by atoms with van der Waals surface area (Å²) in [6.45, 7) is 0.335. The van der Waals surface area contributed by atoms with Gasteiger partial charge in [-0.3, -0.25) is 0 Å². The Bertz CT molecular complexity index is 652. The smallest absolute Gasteiger partial charge is 0.123 e. The lowest BCUT2D eigenvalue weighted by Gasteiger charge is -2.10. The Balaban J connectivity index is 2.19. The highest BCUT2D eigenvalue weighted by molar-refractivity contribution is 9.10. The highest BCUT2D eigenvalue weighted by Crippen LogP contribution is 2.26. The molecule has 2 nitrogen and oxygen atoms in total. The third kappa shape index (κ3) is 3.46. The van der Waals surface area contributed by atoms with E-state index in [1.165, 1.54) is 18.2 Å². The first-order valence-corrected chi connectivity index (χ1v) is 6.64. The van der Waals surface area contributed by atoms with Crippen molar-refractivity contribution in [3.63, 3.8) is 0 Å². The third-order valence-corrected chi connectivity index (χ3v) is 3.39. The van der Waals surface area contributed by atoms with Crippen LogP contribution in [0.25, 0.3) is 0 Å². The minimum absolute atomic E-state index is 0.335. The van der Waals surface area contributed by atoms with E-state index in [9.17, 15) is 4.39 Å². The molecule has 2 rings (SSSR count). The molecule has 2 aromatic rings. The first kappa shape index (κ1) is 13.9. The van der Waals surface area contributed by atoms with Gasteiger partial charge < -0.3 is 5.32 Å². The molecule has 0 aliphatic heterocycles. The van der Waals surface area contributed by atoms with Crippen LogP contribution in [-0.2, 0) is 6.54 Å². The van der Waals surface area contributed by atoms with Crippen molar-refractivity contribution in [1.29, 1.82) is 5.26 Å². The first-order chi connectivity index (χ1) is 9.10. The number of rotatable bonds is 3. The van der Waals surface area contributed by atoms with Crippen LogP contribution in [0, 0.1) is 17.1 Å². The Hall–Kier alpha value is -1.57. The summed E-state index contributed by atoms with van der Waals surface area (Å²) in [5.74, 6) is -0.363. The molecule has 0 fully saturated rings. The SMILES string of the molecule is N#Cc1ccc(F)cc1CNc1ccc(Br)cc1Cl. The lowest BCUT2D eigenvalue weighted by Crippen LogP contribution is -2.02. The monoisotopic (exact) mass is 338 g/mol. The quantitative estimate of drug-likeness (QED) is 0.878. The average Bonchev–Trinajstić information content (AvgIpc) is 2.38. The van der Waals surface area contributed by atoms with Crippen LogP contribution < -0.4 is 5.32 Å². The van der Waals surface area contributed by atoms with Gasteiger partial charge in [-0.05, 0) is 42.0 Å². The second-order valence-electron chi connectivity index (χ2n) is 3.89. The molecule has 96 valence electrons. The number of benzene rings is 2. The summed E-state index contributed by atoms with van der Waals surface area (Å²) >= 11 is 9.39. The van der Waals surface area contributed by atoms with Crippen molar-refractivity contribution >= 4 is 33.2 Å². The fourth-order valence-corrected chi connectivity index (χ4v) is 2.38. The van der Waals surface area contributed by atoms with Gasteiger partial charge in [-0.25, -0.2) is 4.39 Å². The molecular formula is C14H9BrClFN2. The molecule has 0 radical (unpaired) electrons. The molecule has 0 spiro atoms. The number of nitrogens with one attached hydrogen (secondary N) is 1. The van der Waals surface area contributed by atoms with Crippen molar-refractivity contribution in [2.24, 2.45) is 0 Å². The van der Waals surface area contributed by atoms with Gasteiger partial charge in [0.1, 0.15) is 5.82 Å². The van der Waals surface area contributed by atoms with E-state index < -0.39 is 0 Å². The van der Waals surface area contributed by atoms with E-state index in [1.54, 1.807) is 6.07 Å². The molecule has 0 heterocycles. The molecule has 5 heteroatoms. The van der Waals surface area contributed by atoms with Crippen molar-refractivity contribution in [1.82, 2.24) is 0 Å². The molecule has 0 atom stereocenters. The van der Waals surface area contributed by atoms with Crippen molar-refractivity contribution in [2.75, 3.05) is 5.32 Å². The Labute approximate surface area is 123 Å². The van der Waals surface area contributed by atoms with Crippen molar-refractivity contribution in [2.45, 2.75) is 6.54 Å². The zero-order valence-electron chi connectivity index (χ0n) is 9.75. The van der Waals surface area contributed by atoms with Gasteiger partial charge >= 0.3 is 0 Å². The van der Waals surface area contributed by atoms with Gasteiger partial charge in [0, 0.05) is 11.0 Å². The summed E-state index contributed by atoms with van der Waals surface area (Å²) in [6.07, 6.45) is 0. The number of hydrogen-bond donors (Lipinski definition) is 1. The fraction of sp³-hybridized carbons (Fsp3) is 0.0714. The maximum absolute atomic E-state index is 13.2. The molecule has 0 saturated heterocycles. The van der Waals surface area contributed by atoms with Gasteiger partial charge in [-0.15, -0.1) is 0 Å². The first-order valence-electron chi connectivity index (χ1n) is 5.47. The number of halogens is 3. The van der Waals surface area contributed by atoms with Crippen molar-refractivity contribution in [3.8, 4) is 6.07 Å². The normalized spacial score (nSPS) is 10.0. The van der Waals surface area contributed by atoms with Crippen LogP contribution in [-0.4, -0.2) is 0 Å². The Morgan fingerprint density at radius 3 is 2.74 bits per heavy atom. The van der Waals surface area contributed by atoms with Gasteiger partial charge in [-0.2, -0.15) is 5.26 Å². The lowest BCUT2D eigenvalue weighted by molar-refractivity contribution is 0.625. The lowest BCUT2D eigenvalue weighted by atomic mass is 10.1. The molecule has 0 bridgehead atoms. The maximum Gasteiger partial charge on any atom is 0.123 e. The van der Waals surface area contributed by atoms with Gasteiger partial charge in [0.15, 0.2) is 0 Å². The minimum Gasteiger partial charge on any atom is -0.380 e. The van der Waals surface area contributed by atoms with Crippen molar-refractivity contribution in [3.05, 3.63) is 62.8 Å². The van der Waals surface area contributed by atoms with E-state index in [0.717, 1.165) is 10.2 Å². The zero-order valence-corrected chi connectivity index (χ0v) is 12.1. The number of nitrogens with zero attached hydrogens (tertiary/aromatic N) is 1. The van der Waals surface area contributed by atoms with E-state index in [4.69, 9.17) is 16.9 Å². The molecule has 0 aliphatic carbocycles. The predicted molar refractivity (Wildman–Crippen MR) is 77.6 cm³/mol. The van der Waals surface area contributed by atoms with Gasteiger partial charge in [0.25, 0.3) is 0 Å². The zero-order chi connectivity index (χ0) is 13.8. The molecule has 19 heavy (non-hydrogen) atoms. The molecular weight excluding hydrogens is 331 g/mol. The predicted octanol–water partition coefficient (Wildman–Crippen LogP) is 4.73. The van der Waals surface area contributed by atoms with Crippen LogP contribution in [0.15, 0.2) is 40.9 Å². The standard InChI is InChI=1S/C14H9BrClFN2/c15-11-2-4-14(13(16)6-11)19-8-10-5-12(17)3-1-9(10)7-18/h1-6,19H,8H2. The molecule has 0 aliphatic rings. The van der Waals surface area contributed by atoms with Gasteiger partial charge in [0.05, 0.1) is 22.3 Å². The second-order valence-corrected chi connectivity index (χ2v) is 5.21. The average molecular weight is 340 g/mol. The minimum atomic E-state index is -0.363. The highest BCUT2D eigenvalue weighted by Gasteiger charge is 2.05.